The summed E-state index contributed by atoms with van der Waals surface area (Å²) in [4.78, 5) is 14.0. The quantitative estimate of drug-likeness (QED) is 0.0834. The molecule has 4 heterocycles. The van der Waals surface area contributed by atoms with Gasteiger partial charge in [-0.2, -0.15) is 0 Å². The molecule has 4 rings (SSSR count). The summed E-state index contributed by atoms with van der Waals surface area (Å²) in [6.07, 6.45) is 0. The summed E-state index contributed by atoms with van der Waals surface area (Å²) < 4.78 is 0. The van der Waals surface area contributed by atoms with Crippen LogP contribution in [-0.4, -0.2) is 40.4 Å². The van der Waals surface area contributed by atoms with Crippen LogP contribution in [0.5, 0.6) is 23.5 Å². The Morgan fingerprint density at radius 2 is 0.622 bits per heavy atom. The Balaban J connectivity index is -0.000000395. The summed E-state index contributed by atoms with van der Waals surface area (Å²) in [7, 11) is 4.57. The molecule has 0 aliphatic carbocycles. The fourth-order valence-electron chi connectivity index (χ4n) is 1.59. The van der Waals surface area contributed by atoms with Crippen molar-refractivity contribution in [1.29, 1.82) is 0 Å². The van der Waals surface area contributed by atoms with Crippen LogP contribution in [0.2, 0.25) is 20.6 Å². The summed E-state index contributed by atoms with van der Waals surface area (Å²) in [6, 6.07) is 18.8. The Kier molecular flexibility index (Phi) is 27.8. The molecule has 4 aromatic heterocycles. The Labute approximate surface area is 261 Å². The van der Waals surface area contributed by atoms with Crippen LogP contribution in [0.25, 0.3) is 0 Å². The van der Waals surface area contributed by atoms with Gasteiger partial charge in [-0.25, -0.2) is 19.9 Å². The van der Waals surface area contributed by atoms with Crippen LogP contribution in [0, 0.1) is 0 Å². The summed E-state index contributed by atoms with van der Waals surface area (Å²) in [6.45, 7) is 6.00. The molecule has 0 unspecified atom stereocenters. The fourth-order valence-corrected chi connectivity index (χ4v) is 2.23. The fraction of sp³-hybridized carbons (Fsp3) is 0. The molecule has 0 saturated heterocycles. The molecular weight excluding hydrogens is 764 g/mol. The van der Waals surface area contributed by atoms with Crippen molar-refractivity contribution in [2.45, 2.75) is 0 Å². The molecule has 4 aromatic rings. The van der Waals surface area contributed by atoms with Crippen LogP contribution >= 0.6 is 56.1 Å². The minimum Gasteiger partial charge on any atom is 0 e. The van der Waals surface area contributed by atoms with Gasteiger partial charge in [0.25, 0.3) is 0 Å². The molecule has 8 nitrogen and oxygen atoms in total. The van der Waals surface area contributed by atoms with Gasteiger partial charge in [0, 0.05) is 43.7 Å². The van der Waals surface area contributed by atoms with Gasteiger partial charge in [0.05, 0.1) is 0 Å². The monoisotopic (exact) mass is 783 g/mol. The van der Waals surface area contributed by atoms with Crippen molar-refractivity contribution in [3.05, 3.63) is 107 Å². The first-order valence-corrected chi connectivity index (χ1v) is 12.8. The van der Waals surface area contributed by atoms with E-state index in [1.54, 1.807) is 48.5 Å². The summed E-state index contributed by atoms with van der Waals surface area (Å²) in [5, 5.41) is 35.7. The molecule has 0 saturated carbocycles. The van der Waals surface area contributed by atoms with E-state index in [1.807, 2.05) is 17.3 Å². The van der Waals surface area contributed by atoms with Gasteiger partial charge < -0.3 is 20.4 Å². The SMILES string of the molecule is C=C.Oc1cccc(Cl)n1.Oc1cccc(Cl)n1.Oc1cccc(Cl)n1.Oc1cccc(Cl)n1.[Cl][Ru].[Ru]. The largest absolute Gasteiger partial charge is 0 e. The molecule has 0 atom stereocenters. The molecule has 0 spiro atoms. The molecule has 0 aromatic carbocycles. The van der Waals surface area contributed by atoms with Crippen molar-refractivity contribution in [2.75, 3.05) is 0 Å². The third-order valence-corrected chi connectivity index (χ3v) is 3.64. The molecule has 0 bridgehead atoms. The Morgan fingerprint density at radius 3 is 0.703 bits per heavy atom. The standard InChI is InChI=1S/4C5H4ClNO.C2H4.ClH.2Ru/c4*6-4-2-1-3-5(8)7-4;1-2;;;/h4*1-3H,(H,7,8);1-2H2;1H;;/q;;;;;;;+1/p-1. The summed E-state index contributed by atoms with van der Waals surface area (Å²) in [5.41, 5.74) is 0. The van der Waals surface area contributed by atoms with Crippen LogP contribution in [0.4, 0.5) is 0 Å². The maximum Gasteiger partial charge on any atom is 0 e. The minimum absolute atomic E-state index is 0. The molecule has 0 aliphatic heterocycles. The summed E-state index contributed by atoms with van der Waals surface area (Å²) in [5.74, 6) is -0.176. The number of aromatic hydroxyl groups is 4. The maximum absolute atomic E-state index is 8.62. The number of hydrogen-bond donors (Lipinski definition) is 4. The molecule has 203 valence electrons. The van der Waals surface area contributed by atoms with E-state index < -0.39 is 0 Å². The molecule has 0 amide bonds. The van der Waals surface area contributed by atoms with Gasteiger partial charge in [-0.15, -0.1) is 13.2 Å². The van der Waals surface area contributed by atoms with Crippen molar-refractivity contribution < 1.29 is 57.2 Å². The van der Waals surface area contributed by atoms with E-state index in [4.69, 9.17) is 66.8 Å². The topological polar surface area (TPSA) is 132 Å². The molecule has 0 aliphatic rings. The first-order valence-electron chi connectivity index (χ1n) is 9.05. The predicted octanol–water partition coefficient (Wildman–Crippen LogP) is 7.25. The van der Waals surface area contributed by atoms with Crippen LogP contribution in [0.15, 0.2) is 86.0 Å². The molecule has 15 heteroatoms. The third-order valence-electron chi connectivity index (χ3n) is 2.80. The molecular formula is C22H20Cl5N4O4Ru2. The van der Waals surface area contributed by atoms with Crippen molar-refractivity contribution in [2.24, 2.45) is 0 Å². The third kappa shape index (κ3) is 24.3. The number of aromatic nitrogens is 4. The van der Waals surface area contributed by atoms with E-state index >= 15 is 0 Å². The van der Waals surface area contributed by atoms with E-state index in [-0.39, 0.29) is 43.0 Å². The van der Waals surface area contributed by atoms with Crippen molar-refractivity contribution >= 4 is 56.1 Å². The van der Waals surface area contributed by atoms with Gasteiger partial charge >= 0.3 is 27.0 Å². The molecule has 0 radical (unpaired) electrons. The van der Waals surface area contributed by atoms with Crippen molar-refractivity contribution in [3.63, 3.8) is 0 Å². The molecule has 4 N–H and O–H groups in total. The smallest absolute Gasteiger partial charge is 0 e. The van der Waals surface area contributed by atoms with Crippen LogP contribution in [0.1, 0.15) is 0 Å². The second kappa shape index (κ2) is 25.9. The zero-order chi connectivity index (χ0) is 27.9. The number of rotatable bonds is 0. The van der Waals surface area contributed by atoms with Gasteiger partial charge in [0.15, 0.2) is 0 Å². The normalized spacial score (nSPS) is 8.16. The number of nitrogens with zero attached hydrogens (tertiary/aromatic N) is 4. The van der Waals surface area contributed by atoms with Crippen LogP contribution in [-0.2, 0) is 36.8 Å². The first-order chi connectivity index (χ1) is 17.2. The van der Waals surface area contributed by atoms with Crippen molar-refractivity contribution in [1.82, 2.24) is 19.9 Å². The van der Waals surface area contributed by atoms with E-state index in [2.05, 4.69) is 42.8 Å². The number of pyridine rings is 4. The average Bonchev–Trinajstić information content (AvgIpc) is 2.82. The second-order valence-corrected chi connectivity index (χ2v) is 6.82. The summed E-state index contributed by atoms with van der Waals surface area (Å²) >= 11 is 23.3. The zero-order valence-electron chi connectivity index (χ0n) is 18.5. The van der Waals surface area contributed by atoms with Crippen LogP contribution in [0.3, 0.4) is 0 Å². The van der Waals surface area contributed by atoms with Gasteiger partial charge in [0.1, 0.15) is 20.6 Å². The second-order valence-electron chi connectivity index (χ2n) is 5.27. The van der Waals surface area contributed by atoms with Gasteiger partial charge in [-0.1, -0.05) is 70.7 Å². The first kappa shape index (κ1) is 39.7. The number of halogens is 5. The average molecular weight is 784 g/mol. The van der Waals surface area contributed by atoms with E-state index in [9.17, 15) is 0 Å². The van der Waals surface area contributed by atoms with Crippen LogP contribution < -0.4 is 0 Å². The van der Waals surface area contributed by atoms with E-state index in [1.165, 1.54) is 24.3 Å². The van der Waals surface area contributed by atoms with Gasteiger partial charge in [-0.05, 0) is 24.3 Å². The Bertz CT molecular complexity index is 894. The molecule has 0 fully saturated rings. The zero-order valence-corrected chi connectivity index (χ0v) is 25.8. The molecule has 37 heavy (non-hydrogen) atoms. The van der Waals surface area contributed by atoms with E-state index in [0.717, 1.165) is 0 Å². The number of hydrogen-bond acceptors (Lipinski definition) is 8. The van der Waals surface area contributed by atoms with Crippen molar-refractivity contribution in [3.8, 4) is 23.5 Å². The Hall–Kier alpha value is -1.76. The predicted molar refractivity (Wildman–Crippen MR) is 141 cm³/mol. The van der Waals surface area contributed by atoms with Gasteiger partial charge in [-0.3, -0.25) is 0 Å². The minimum atomic E-state index is -0.0440. The Morgan fingerprint density at radius 1 is 0.459 bits per heavy atom. The van der Waals surface area contributed by atoms with E-state index in [0.29, 0.717) is 20.6 Å². The van der Waals surface area contributed by atoms with Gasteiger partial charge in [0.2, 0.25) is 23.5 Å². The maximum atomic E-state index is 8.62.